The number of hydrogen-bond acceptors (Lipinski definition) is 5. The summed E-state index contributed by atoms with van der Waals surface area (Å²) in [5.74, 6) is 0.740. The lowest BCUT2D eigenvalue weighted by Crippen LogP contribution is -2.55. The summed E-state index contributed by atoms with van der Waals surface area (Å²) in [6.45, 7) is 14.0. The summed E-state index contributed by atoms with van der Waals surface area (Å²) in [5.41, 5.74) is 3.81. The number of hydrogen-bond donors (Lipinski definition) is 0. The molecule has 4 rings (SSSR count). The zero-order valence-corrected chi connectivity index (χ0v) is 20.7. The third-order valence-corrected chi connectivity index (χ3v) is 7.76. The first-order chi connectivity index (χ1) is 15.5. The van der Waals surface area contributed by atoms with Crippen molar-refractivity contribution < 1.29 is 9.53 Å². The number of ether oxygens (including phenoxy) is 1. The fourth-order valence-electron chi connectivity index (χ4n) is 5.60. The quantitative estimate of drug-likeness (QED) is 0.585. The molecule has 0 spiro atoms. The van der Waals surface area contributed by atoms with Gasteiger partial charge in [0.1, 0.15) is 0 Å². The molecule has 1 aromatic heterocycles. The van der Waals surface area contributed by atoms with Crippen LogP contribution in [0.25, 0.3) is 0 Å². The number of rotatable bonds is 9. The minimum Gasteiger partial charge on any atom is -0.381 e. The average Bonchev–Trinajstić information content (AvgIpc) is 3.62. The van der Waals surface area contributed by atoms with Crippen molar-refractivity contribution in [3.8, 4) is 0 Å². The molecule has 1 unspecified atom stereocenters. The maximum absolute atomic E-state index is 12.7. The maximum Gasteiger partial charge on any atom is 0.225 e. The van der Waals surface area contributed by atoms with Gasteiger partial charge in [0.05, 0.1) is 5.69 Å². The van der Waals surface area contributed by atoms with Gasteiger partial charge < -0.3 is 14.5 Å². The van der Waals surface area contributed by atoms with Gasteiger partial charge in [0.15, 0.2) is 0 Å². The van der Waals surface area contributed by atoms with E-state index in [0.717, 1.165) is 90.3 Å². The molecule has 32 heavy (non-hydrogen) atoms. The molecule has 7 nitrogen and oxygen atoms in total. The Hall–Kier alpha value is -1.44. The van der Waals surface area contributed by atoms with E-state index in [4.69, 9.17) is 9.84 Å². The lowest BCUT2D eigenvalue weighted by atomic mass is 9.98. The van der Waals surface area contributed by atoms with E-state index in [1.54, 1.807) is 0 Å². The second kappa shape index (κ2) is 10.7. The van der Waals surface area contributed by atoms with Gasteiger partial charge in [-0.05, 0) is 66.3 Å². The van der Waals surface area contributed by atoms with Crippen molar-refractivity contribution in [1.29, 1.82) is 0 Å². The molecule has 2 aliphatic heterocycles. The Balaban J connectivity index is 1.39. The van der Waals surface area contributed by atoms with Gasteiger partial charge in [-0.25, -0.2) is 0 Å². The second-order valence-corrected chi connectivity index (χ2v) is 10.1. The number of piperidine rings is 1. The highest BCUT2D eigenvalue weighted by atomic mass is 16.5. The predicted molar refractivity (Wildman–Crippen MR) is 127 cm³/mol. The fraction of sp³-hybridized carbons (Fsp3) is 0.840. The number of aryl methyl sites for hydroxylation is 2. The normalized spacial score (nSPS) is 22.8. The van der Waals surface area contributed by atoms with E-state index in [1.165, 1.54) is 17.7 Å². The number of aromatic nitrogens is 2. The largest absolute Gasteiger partial charge is 0.381 e. The number of likely N-dealkylation sites (tertiary alicyclic amines) is 1. The van der Waals surface area contributed by atoms with Crippen molar-refractivity contribution in [2.45, 2.75) is 84.5 Å². The van der Waals surface area contributed by atoms with Gasteiger partial charge in [0, 0.05) is 81.7 Å². The molecule has 0 radical (unpaired) electrons. The molecule has 1 amide bonds. The Morgan fingerprint density at radius 3 is 2.50 bits per heavy atom. The molecule has 3 aliphatic rings. The summed E-state index contributed by atoms with van der Waals surface area (Å²) < 4.78 is 7.78. The van der Waals surface area contributed by atoms with Crippen LogP contribution in [0.2, 0.25) is 0 Å². The van der Waals surface area contributed by atoms with Gasteiger partial charge >= 0.3 is 0 Å². The van der Waals surface area contributed by atoms with E-state index in [0.29, 0.717) is 23.9 Å². The van der Waals surface area contributed by atoms with Crippen LogP contribution < -0.4 is 0 Å². The highest BCUT2D eigenvalue weighted by Gasteiger charge is 2.37. The van der Waals surface area contributed by atoms with Crippen LogP contribution in [-0.4, -0.2) is 88.9 Å². The molecule has 0 aromatic carbocycles. The summed E-state index contributed by atoms with van der Waals surface area (Å²) in [6, 6.07) is 1.05. The van der Waals surface area contributed by atoms with E-state index in [9.17, 15) is 4.79 Å². The van der Waals surface area contributed by atoms with Gasteiger partial charge in [-0.2, -0.15) is 5.10 Å². The second-order valence-electron chi connectivity index (χ2n) is 10.1. The molecule has 1 atom stereocenters. The van der Waals surface area contributed by atoms with Gasteiger partial charge in [-0.3, -0.25) is 14.4 Å². The highest BCUT2D eigenvalue weighted by molar-refractivity contribution is 5.81. The first kappa shape index (κ1) is 23.7. The Bertz CT molecular complexity index is 769. The fourth-order valence-corrected chi connectivity index (χ4v) is 5.60. The molecule has 180 valence electrons. The predicted octanol–water partition coefficient (Wildman–Crippen LogP) is 2.83. The van der Waals surface area contributed by atoms with Gasteiger partial charge in [-0.1, -0.05) is 0 Å². The van der Waals surface area contributed by atoms with Crippen LogP contribution in [0.15, 0.2) is 0 Å². The average molecular weight is 446 g/mol. The molecular formula is C25H43N5O2. The van der Waals surface area contributed by atoms with Crippen LogP contribution in [0.4, 0.5) is 0 Å². The van der Waals surface area contributed by atoms with Crippen LogP contribution in [-0.2, 0) is 22.6 Å². The lowest BCUT2D eigenvalue weighted by Gasteiger charge is -2.44. The van der Waals surface area contributed by atoms with E-state index >= 15 is 0 Å². The zero-order valence-electron chi connectivity index (χ0n) is 20.7. The van der Waals surface area contributed by atoms with Gasteiger partial charge in [0.2, 0.25) is 5.91 Å². The molecule has 3 heterocycles. The van der Waals surface area contributed by atoms with E-state index < -0.39 is 0 Å². The summed E-state index contributed by atoms with van der Waals surface area (Å²) >= 11 is 0. The topological polar surface area (TPSA) is 53.8 Å². The van der Waals surface area contributed by atoms with Gasteiger partial charge in [-0.15, -0.1) is 0 Å². The number of likely N-dealkylation sites (N-methyl/N-ethyl adjacent to an activating group) is 1. The SMILES string of the molecule is CCn1nc(C)c(CN(C)CCN(C2CCOCC2)C2CCCN(C(=O)C3CC3)C2)c1C. The molecule has 0 N–H and O–H groups in total. The van der Waals surface area contributed by atoms with E-state index in [-0.39, 0.29) is 0 Å². The minimum atomic E-state index is 0.326. The summed E-state index contributed by atoms with van der Waals surface area (Å²) in [6.07, 6.45) is 6.75. The van der Waals surface area contributed by atoms with Crippen molar-refractivity contribution in [2.24, 2.45) is 5.92 Å². The highest BCUT2D eigenvalue weighted by Crippen LogP contribution is 2.33. The van der Waals surface area contributed by atoms with Crippen molar-refractivity contribution in [3.63, 3.8) is 0 Å². The van der Waals surface area contributed by atoms with E-state index in [2.05, 4.69) is 47.2 Å². The number of nitrogens with zero attached hydrogens (tertiary/aromatic N) is 5. The third kappa shape index (κ3) is 5.54. The summed E-state index contributed by atoms with van der Waals surface area (Å²) in [7, 11) is 2.23. The Labute approximate surface area is 194 Å². The molecule has 3 fully saturated rings. The van der Waals surface area contributed by atoms with Crippen molar-refractivity contribution in [2.75, 3.05) is 46.4 Å². The Kier molecular flexibility index (Phi) is 7.90. The van der Waals surface area contributed by atoms with Crippen LogP contribution in [0.1, 0.15) is 62.4 Å². The van der Waals surface area contributed by atoms with E-state index in [1.807, 2.05) is 0 Å². The molecular weight excluding hydrogens is 402 g/mol. The molecule has 1 saturated carbocycles. The monoisotopic (exact) mass is 445 g/mol. The molecule has 1 aromatic rings. The third-order valence-electron chi connectivity index (χ3n) is 7.76. The minimum absolute atomic E-state index is 0.326. The maximum atomic E-state index is 12.7. The molecule has 1 aliphatic carbocycles. The lowest BCUT2D eigenvalue weighted by molar-refractivity contribution is -0.135. The smallest absolute Gasteiger partial charge is 0.225 e. The van der Waals surface area contributed by atoms with Crippen molar-refractivity contribution in [1.82, 2.24) is 24.5 Å². The first-order valence-corrected chi connectivity index (χ1v) is 12.8. The summed E-state index contributed by atoms with van der Waals surface area (Å²) in [5, 5.41) is 4.70. The molecule has 7 heteroatoms. The van der Waals surface area contributed by atoms with Crippen molar-refractivity contribution >= 4 is 5.91 Å². The zero-order chi connectivity index (χ0) is 22.7. The standard InChI is InChI=1S/C25H43N5O2/c1-5-30-20(3)24(19(2)26-30)18-27(4)13-14-29(22-10-15-32-16-11-22)23-7-6-12-28(17-23)25(31)21-8-9-21/h21-23H,5-18H2,1-4H3. The van der Waals surface area contributed by atoms with Crippen LogP contribution in [0.5, 0.6) is 0 Å². The van der Waals surface area contributed by atoms with Gasteiger partial charge in [0.25, 0.3) is 0 Å². The number of carbonyl (C=O) groups excluding carboxylic acids is 1. The molecule has 0 bridgehead atoms. The van der Waals surface area contributed by atoms with Crippen LogP contribution in [0, 0.1) is 19.8 Å². The number of carbonyl (C=O) groups is 1. The number of amides is 1. The van der Waals surface area contributed by atoms with Crippen LogP contribution in [0.3, 0.4) is 0 Å². The van der Waals surface area contributed by atoms with Crippen molar-refractivity contribution in [3.05, 3.63) is 17.0 Å². The Morgan fingerprint density at radius 1 is 1.09 bits per heavy atom. The first-order valence-electron chi connectivity index (χ1n) is 12.8. The van der Waals surface area contributed by atoms with Crippen LogP contribution >= 0.6 is 0 Å². The Morgan fingerprint density at radius 2 is 1.84 bits per heavy atom. The summed E-state index contributed by atoms with van der Waals surface area (Å²) in [4.78, 5) is 20.1. The molecule has 2 saturated heterocycles.